The van der Waals surface area contributed by atoms with E-state index in [0.717, 1.165) is 5.69 Å². The monoisotopic (exact) mass is 421 g/mol. The van der Waals surface area contributed by atoms with Gasteiger partial charge in [-0.2, -0.15) is 0 Å². The molecule has 0 aromatic heterocycles. The highest BCUT2D eigenvalue weighted by atomic mass is 32.9. The molecule has 0 saturated heterocycles. The van der Waals surface area contributed by atoms with E-state index in [0.29, 0.717) is 5.11 Å². The van der Waals surface area contributed by atoms with Crippen molar-refractivity contribution in [2.75, 3.05) is 11.1 Å². The SMILES string of the molecule is CC(C)OP(=S)(OC(C)C)SCC(=O)NNC(=S)Nc1ccccc1. The highest BCUT2D eigenvalue weighted by Crippen LogP contribution is 2.62. The lowest BCUT2D eigenvalue weighted by Crippen LogP contribution is -2.44. The van der Waals surface area contributed by atoms with E-state index in [4.69, 9.17) is 33.1 Å². The maximum absolute atomic E-state index is 12.0. The van der Waals surface area contributed by atoms with Crippen LogP contribution < -0.4 is 16.2 Å². The fourth-order valence-electron chi connectivity index (χ4n) is 1.59. The number of carbonyl (C=O) groups excluding carboxylic acids is 1. The van der Waals surface area contributed by atoms with Crippen LogP contribution in [0.5, 0.6) is 0 Å². The van der Waals surface area contributed by atoms with Crippen LogP contribution in [0.25, 0.3) is 0 Å². The number of para-hydroxylation sites is 1. The summed E-state index contributed by atoms with van der Waals surface area (Å²) in [6, 6.07) is 9.42. The fourth-order valence-corrected chi connectivity index (χ4v) is 7.04. The zero-order chi connectivity index (χ0) is 18.9. The van der Waals surface area contributed by atoms with E-state index in [9.17, 15) is 4.79 Å². The number of thiocarbonyl (C=S) groups is 1. The molecule has 0 radical (unpaired) electrons. The topological polar surface area (TPSA) is 71.6 Å². The zero-order valence-electron chi connectivity index (χ0n) is 14.6. The van der Waals surface area contributed by atoms with Crippen LogP contribution in [0, 0.1) is 0 Å². The smallest absolute Gasteiger partial charge is 0.248 e. The molecule has 0 bridgehead atoms. The molecule has 6 nitrogen and oxygen atoms in total. The first-order valence-electron chi connectivity index (χ1n) is 7.72. The number of hydrogen-bond donors (Lipinski definition) is 3. The molecule has 1 aromatic carbocycles. The Morgan fingerprint density at radius 2 is 1.68 bits per heavy atom. The van der Waals surface area contributed by atoms with Crippen molar-refractivity contribution in [3.63, 3.8) is 0 Å². The number of anilines is 1. The average molecular weight is 422 g/mol. The Hall–Kier alpha value is -0.700. The standard InChI is InChI=1S/C15H24N3O3PS3/c1-11(2)20-22(24,21-12(3)4)25-10-14(19)17-18-15(23)16-13-8-6-5-7-9-13/h5-9,11-12H,10H2,1-4H3,(H,17,19)(H2,16,18,23). The summed E-state index contributed by atoms with van der Waals surface area (Å²) in [6.45, 7) is 7.56. The lowest BCUT2D eigenvalue weighted by molar-refractivity contribution is -0.119. The zero-order valence-corrected chi connectivity index (χ0v) is 18.0. The molecule has 140 valence electrons. The first-order chi connectivity index (χ1) is 11.7. The van der Waals surface area contributed by atoms with Gasteiger partial charge in [-0.3, -0.25) is 15.6 Å². The van der Waals surface area contributed by atoms with Crippen LogP contribution in [0.2, 0.25) is 0 Å². The van der Waals surface area contributed by atoms with Crippen molar-refractivity contribution in [3.05, 3.63) is 30.3 Å². The van der Waals surface area contributed by atoms with Gasteiger partial charge in [0.1, 0.15) is 0 Å². The molecule has 1 amide bonds. The number of rotatable bonds is 8. The quantitative estimate of drug-likeness (QED) is 0.333. The molecule has 0 unspecified atom stereocenters. The lowest BCUT2D eigenvalue weighted by atomic mass is 10.3. The van der Waals surface area contributed by atoms with E-state index < -0.39 is 5.69 Å². The van der Waals surface area contributed by atoms with Crippen LogP contribution in [0.4, 0.5) is 5.69 Å². The molecule has 3 N–H and O–H groups in total. The molecule has 0 atom stereocenters. The van der Waals surface area contributed by atoms with E-state index >= 15 is 0 Å². The Labute approximate surface area is 163 Å². The minimum atomic E-state index is -2.57. The molecule has 0 aliphatic rings. The summed E-state index contributed by atoms with van der Waals surface area (Å²) in [5.74, 6) is -0.159. The molecule has 0 aliphatic carbocycles. The van der Waals surface area contributed by atoms with Crippen molar-refractivity contribution in [1.82, 2.24) is 10.9 Å². The van der Waals surface area contributed by atoms with Gasteiger partial charge in [0.05, 0.1) is 18.0 Å². The van der Waals surface area contributed by atoms with Crippen LogP contribution in [-0.4, -0.2) is 29.0 Å². The van der Waals surface area contributed by atoms with E-state index in [1.54, 1.807) is 0 Å². The third kappa shape index (κ3) is 10.1. The van der Waals surface area contributed by atoms with Gasteiger partial charge in [-0.05, 0) is 63.9 Å². The van der Waals surface area contributed by atoms with Gasteiger partial charge in [0, 0.05) is 5.69 Å². The number of benzene rings is 1. The Balaban J connectivity index is 2.41. The lowest BCUT2D eigenvalue weighted by Gasteiger charge is -2.25. The Bertz CT molecular complexity index is 601. The summed E-state index contributed by atoms with van der Waals surface area (Å²) in [4.78, 5) is 12.0. The Morgan fingerprint density at radius 3 is 2.20 bits per heavy atom. The molecule has 0 spiro atoms. The number of nitrogens with one attached hydrogen (secondary N) is 3. The molecule has 0 fully saturated rings. The van der Waals surface area contributed by atoms with E-state index in [2.05, 4.69) is 16.2 Å². The predicted octanol–water partition coefficient (Wildman–Crippen LogP) is 3.81. The van der Waals surface area contributed by atoms with Gasteiger partial charge in [-0.25, -0.2) is 0 Å². The van der Waals surface area contributed by atoms with Gasteiger partial charge < -0.3 is 14.4 Å². The second-order valence-electron chi connectivity index (χ2n) is 5.52. The van der Waals surface area contributed by atoms with Crippen LogP contribution in [0.1, 0.15) is 27.7 Å². The summed E-state index contributed by atoms with van der Waals surface area (Å²) in [5.41, 5.74) is 3.44. The number of amides is 1. The predicted molar refractivity (Wildman–Crippen MR) is 113 cm³/mol. The van der Waals surface area contributed by atoms with Gasteiger partial charge in [-0.1, -0.05) is 29.6 Å². The number of hydrazine groups is 1. The summed E-state index contributed by atoms with van der Waals surface area (Å²) >= 11 is 11.8. The van der Waals surface area contributed by atoms with Crippen molar-refractivity contribution < 1.29 is 13.8 Å². The van der Waals surface area contributed by atoms with Gasteiger partial charge >= 0.3 is 0 Å². The summed E-state index contributed by atoms with van der Waals surface area (Å²) in [5, 5.41) is 3.25. The maximum Gasteiger partial charge on any atom is 0.248 e. The first kappa shape index (κ1) is 22.3. The summed E-state index contributed by atoms with van der Waals surface area (Å²) in [6.07, 6.45) is -0.137. The molecule has 0 aliphatic heterocycles. The molecular weight excluding hydrogens is 397 g/mol. The van der Waals surface area contributed by atoms with Gasteiger partial charge in [0.25, 0.3) is 0 Å². The summed E-state index contributed by atoms with van der Waals surface area (Å²) < 4.78 is 11.5. The summed E-state index contributed by atoms with van der Waals surface area (Å²) in [7, 11) is 0. The Morgan fingerprint density at radius 1 is 1.12 bits per heavy atom. The maximum atomic E-state index is 12.0. The molecular formula is C15H24N3O3PS3. The highest BCUT2D eigenvalue weighted by molar-refractivity contribution is 8.68. The van der Waals surface area contributed by atoms with Crippen LogP contribution >= 0.6 is 29.3 Å². The second kappa shape index (κ2) is 11.1. The molecule has 10 heteroatoms. The van der Waals surface area contributed by atoms with Gasteiger partial charge in [-0.15, -0.1) is 0 Å². The van der Waals surface area contributed by atoms with E-state index in [-0.39, 0.29) is 23.9 Å². The fraction of sp³-hybridized carbons (Fsp3) is 0.467. The number of hydrogen-bond acceptors (Lipinski definition) is 6. The average Bonchev–Trinajstić information content (AvgIpc) is 2.50. The van der Waals surface area contributed by atoms with Crippen molar-refractivity contribution in [3.8, 4) is 0 Å². The van der Waals surface area contributed by atoms with Crippen molar-refractivity contribution >= 4 is 57.8 Å². The van der Waals surface area contributed by atoms with Gasteiger partial charge in [0.15, 0.2) is 5.11 Å². The van der Waals surface area contributed by atoms with Crippen molar-refractivity contribution in [2.24, 2.45) is 0 Å². The largest absolute Gasteiger partial charge is 0.331 e. The van der Waals surface area contributed by atoms with E-state index in [1.165, 1.54) is 11.4 Å². The molecule has 1 rings (SSSR count). The van der Waals surface area contributed by atoms with Gasteiger partial charge in [0.2, 0.25) is 11.6 Å². The Kier molecular flexibility index (Phi) is 9.92. The van der Waals surface area contributed by atoms with Crippen molar-refractivity contribution in [2.45, 2.75) is 39.9 Å². The molecule has 0 heterocycles. The second-order valence-corrected chi connectivity index (χ2v) is 12.1. The third-order valence-electron chi connectivity index (χ3n) is 2.38. The normalized spacial score (nSPS) is 11.4. The minimum Gasteiger partial charge on any atom is -0.331 e. The van der Waals surface area contributed by atoms with Crippen molar-refractivity contribution in [1.29, 1.82) is 0 Å². The van der Waals surface area contributed by atoms with Crippen LogP contribution in [0.15, 0.2) is 30.3 Å². The van der Waals surface area contributed by atoms with E-state index in [1.807, 2.05) is 58.0 Å². The number of carbonyl (C=O) groups is 1. The highest BCUT2D eigenvalue weighted by Gasteiger charge is 2.24. The molecule has 0 saturated carbocycles. The van der Waals surface area contributed by atoms with Crippen LogP contribution in [-0.2, 0) is 25.6 Å². The van der Waals surface area contributed by atoms with Crippen LogP contribution in [0.3, 0.4) is 0 Å². The third-order valence-corrected chi connectivity index (χ3v) is 7.97. The minimum absolute atomic E-state index is 0.0686. The molecule has 1 aromatic rings. The first-order valence-corrected chi connectivity index (χ1v) is 12.4. The molecule has 25 heavy (non-hydrogen) atoms.